The molecule has 0 fully saturated rings. The molecule has 0 unspecified atom stereocenters. The summed E-state index contributed by atoms with van der Waals surface area (Å²) < 4.78 is 4.51. The monoisotopic (exact) mass is 219 g/mol. The fourth-order valence-electron chi connectivity index (χ4n) is 1.36. The third-order valence-electron chi connectivity index (χ3n) is 2.19. The SMILES string of the molecule is COC(=O)[C@@H](N)Cc1cc(N)ccc1C#N. The molecule has 0 saturated carbocycles. The van der Waals surface area contributed by atoms with Crippen LogP contribution in [0.25, 0.3) is 0 Å². The summed E-state index contributed by atoms with van der Waals surface area (Å²) in [6.45, 7) is 0. The Bertz CT molecular complexity index is 437. The third kappa shape index (κ3) is 2.72. The second kappa shape index (κ2) is 5.14. The summed E-state index contributed by atoms with van der Waals surface area (Å²) in [5.74, 6) is -0.508. The third-order valence-corrected chi connectivity index (χ3v) is 2.19. The van der Waals surface area contributed by atoms with E-state index in [1.807, 2.05) is 6.07 Å². The van der Waals surface area contributed by atoms with Gasteiger partial charge in [0, 0.05) is 5.69 Å². The highest BCUT2D eigenvalue weighted by molar-refractivity contribution is 5.76. The molecule has 5 nitrogen and oxygen atoms in total. The predicted molar refractivity (Wildman–Crippen MR) is 59.3 cm³/mol. The summed E-state index contributed by atoms with van der Waals surface area (Å²) >= 11 is 0. The van der Waals surface area contributed by atoms with Gasteiger partial charge in [-0.1, -0.05) is 0 Å². The largest absolute Gasteiger partial charge is 0.468 e. The molecule has 84 valence electrons. The van der Waals surface area contributed by atoms with Gasteiger partial charge in [0.15, 0.2) is 0 Å². The minimum absolute atomic E-state index is 0.237. The summed E-state index contributed by atoms with van der Waals surface area (Å²) in [5.41, 5.74) is 12.9. The Balaban J connectivity index is 2.92. The van der Waals surface area contributed by atoms with Crippen molar-refractivity contribution in [1.29, 1.82) is 5.26 Å². The van der Waals surface area contributed by atoms with Crippen molar-refractivity contribution in [3.8, 4) is 6.07 Å². The van der Waals surface area contributed by atoms with Crippen molar-refractivity contribution in [2.45, 2.75) is 12.5 Å². The van der Waals surface area contributed by atoms with Gasteiger partial charge >= 0.3 is 5.97 Å². The molecule has 1 atom stereocenters. The van der Waals surface area contributed by atoms with Crippen molar-refractivity contribution in [3.63, 3.8) is 0 Å². The molecule has 0 aromatic heterocycles. The molecule has 0 aliphatic carbocycles. The second-order valence-corrected chi connectivity index (χ2v) is 3.36. The van der Waals surface area contributed by atoms with Crippen molar-refractivity contribution in [2.24, 2.45) is 5.73 Å². The van der Waals surface area contributed by atoms with Crippen LogP contribution in [0, 0.1) is 11.3 Å². The number of rotatable bonds is 3. The maximum absolute atomic E-state index is 11.1. The average molecular weight is 219 g/mol. The molecular formula is C11H13N3O2. The lowest BCUT2D eigenvalue weighted by Crippen LogP contribution is -2.33. The zero-order valence-electron chi connectivity index (χ0n) is 8.93. The normalized spacial score (nSPS) is 11.6. The van der Waals surface area contributed by atoms with Crippen LogP contribution in [0.5, 0.6) is 0 Å². The van der Waals surface area contributed by atoms with Crippen LogP contribution in [0.3, 0.4) is 0 Å². The molecular weight excluding hydrogens is 206 g/mol. The number of nitrogen functional groups attached to an aromatic ring is 1. The molecule has 0 spiro atoms. The molecule has 0 aliphatic heterocycles. The van der Waals surface area contributed by atoms with Gasteiger partial charge in [-0.05, 0) is 30.2 Å². The molecule has 0 heterocycles. The van der Waals surface area contributed by atoms with Gasteiger partial charge in [-0.25, -0.2) is 0 Å². The van der Waals surface area contributed by atoms with Crippen LogP contribution in [-0.4, -0.2) is 19.1 Å². The van der Waals surface area contributed by atoms with E-state index in [4.69, 9.17) is 16.7 Å². The van der Waals surface area contributed by atoms with Gasteiger partial charge in [0.2, 0.25) is 0 Å². The number of hydrogen-bond donors (Lipinski definition) is 2. The number of anilines is 1. The smallest absolute Gasteiger partial charge is 0.322 e. The number of ether oxygens (including phenoxy) is 1. The number of nitrogens with two attached hydrogens (primary N) is 2. The summed E-state index contributed by atoms with van der Waals surface area (Å²) in [6.07, 6.45) is 0.237. The van der Waals surface area contributed by atoms with Gasteiger partial charge in [-0.2, -0.15) is 5.26 Å². The number of methoxy groups -OCH3 is 1. The Morgan fingerprint density at radius 1 is 1.62 bits per heavy atom. The van der Waals surface area contributed by atoms with Gasteiger partial charge in [0.05, 0.1) is 18.7 Å². The van der Waals surface area contributed by atoms with Crippen LogP contribution >= 0.6 is 0 Å². The van der Waals surface area contributed by atoms with Crippen LogP contribution in [0.15, 0.2) is 18.2 Å². The van der Waals surface area contributed by atoms with Crippen molar-refractivity contribution >= 4 is 11.7 Å². The molecule has 16 heavy (non-hydrogen) atoms. The van der Waals surface area contributed by atoms with Crippen LogP contribution in [0.4, 0.5) is 5.69 Å². The molecule has 4 N–H and O–H groups in total. The summed E-state index contributed by atoms with van der Waals surface area (Å²) in [4.78, 5) is 11.1. The predicted octanol–water partition coefficient (Wildman–Crippen LogP) is 0.183. The molecule has 0 saturated heterocycles. The number of esters is 1. The number of carbonyl (C=O) groups excluding carboxylic acids is 1. The summed E-state index contributed by atoms with van der Waals surface area (Å²) in [6, 6.07) is 6.12. The first-order valence-corrected chi connectivity index (χ1v) is 4.70. The van der Waals surface area contributed by atoms with Gasteiger partial charge in [-0.3, -0.25) is 4.79 Å². The summed E-state index contributed by atoms with van der Waals surface area (Å²) in [5, 5.41) is 8.87. The fourth-order valence-corrected chi connectivity index (χ4v) is 1.36. The van der Waals surface area contributed by atoms with Gasteiger partial charge in [-0.15, -0.1) is 0 Å². The zero-order valence-corrected chi connectivity index (χ0v) is 8.93. The van der Waals surface area contributed by atoms with Crippen molar-refractivity contribution in [1.82, 2.24) is 0 Å². The average Bonchev–Trinajstić information content (AvgIpc) is 2.28. The Labute approximate surface area is 93.6 Å². The van der Waals surface area contributed by atoms with E-state index in [1.54, 1.807) is 18.2 Å². The Morgan fingerprint density at radius 2 is 2.31 bits per heavy atom. The standard InChI is InChI=1S/C11H13N3O2/c1-16-11(15)10(14)5-8-4-9(13)3-2-7(8)6-12/h2-4,10H,5,13-14H2,1H3/t10-/m0/s1. The fraction of sp³-hybridized carbons (Fsp3) is 0.273. The van der Waals surface area contributed by atoms with Crippen molar-refractivity contribution in [2.75, 3.05) is 12.8 Å². The van der Waals surface area contributed by atoms with Crippen LogP contribution in [0.1, 0.15) is 11.1 Å². The lowest BCUT2D eigenvalue weighted by Gasteiger charge is -2.10. The molecule has 0 aliphatic rings. The number of carbonyl (C=O) groups is 1. The molecule has 1 aromatic rings. The van der Waals surface area contributed by atoms with E-state index in [0.29, 0.717) is 16.8 Å². The highest BCUT2D eigenvalue weighted by Gasteiger charge is 2.16. The van der Waals surface area contributed by atoms with Gasteiger partial charge in [0.25, 0.3) is 0 Å². The number of nitrogens with zero attached hydrogens (tertiary/aromatic N) is 1. The minimum atomic E-state index is -0.779. The molecule has 0 radical (unpaired) electrons. The molecule has 0 amide bonds. The first-order chi connectivity index (χ1) is 7.58. The van der Waals surface area contributed by atoms with E-state index in [9.17, 15) is 4.79 Å². The molecule has 1 aromatic carbocycles. The van der Waals surface area contributed by atoms with Crippen molar-refractivity contribution < 1.29 is 9.53 Å². The summed E-state index contributed by atoms with van der Waals surface area (Å²) in [7, 11) is 1.27. The first-order valence-electron chi connectivity index (χ1n) is 4.70. The Kier molecular flexibility index (Phi) is 3.86. The maximum atomic E-state index is 11.1. The van der Waals surface area contributed by atoms with E-state index >= 15 is 0 Å². The lowest BCUT2D eigenvalue weighted by atomic mass is 10.0. The molecule has 1 rings (SSSR count). The number of hydrogen-bond acceptors (Lipinski definition) is 5. The zero-order chi connectivity index (χ0) is 12.1. The van der Waals surface area contributed by atoms with E-state index in [2.05, 4.69) is 4.74 Å². The molecule has 5 heteroatoms. The topological polar surface area (TPSA) is 102 Å². The number of nitriles is 1. The lowest BCUT2D eigenvalue weighted by molar-refractivity contribution is -0.142. The van der Waals surface area contributed by atoms with E-state index in [-0.39, 0.29) is 6.42 Å². The Hall–Kier alpha value is -2.06. The first kappa shape index (κ1) is 12.0. The second-order valence-electron chi connectivity index (χ2n) is 3.36. The van der Waals surface area contributed by atoms with Gasteiger partial charge < -0.3 is 16.2 Å². The van der Waals surface area contributed by atoms with E-state index in [1.165, 1.54) is 7.11 Å². The van der Waals surface area contributed by atoms with E-state index in [0.717, 1.165) is 0 Å². The maximum Gasteiger partial charge on any atom is 0.322 e. The van der Waals surface area contributed by atoms with Crippen LogP contribution < -0.4 is 11.5 Å². The minimum Gasteiger partial charge on any atom is -0.468 e. The highest BCUT2D eigenvalue weighted by Crippen LogP contribution is 2.14. The van der Waals surface area contributed by atoms with E-state index < -0.39 is 12.0 Å². The number of benzene rings is 1. The van der Waals surface area contributed by atoms with Gasteiger partial charge in [0.1, 0.15) is 6.04 Å². The van der Waals surface area contributed by atoms with Crippen LogP contribution in [-0.2, 0) is 16.0 Å². The quantitative estimate of drug-likeness (QED) is 0.557. The van der Waals surface area contributed by atoms with Crippen molar-refractivity contribution in [3.05, 3.63) is 29.3 Å². The van der Waals surface area contributed by atoms with Crippen LogP contribution in [0.2, 0.25) is 0 Å². The Morgan fingerprint density at radius 3 is 2.88 bits per heavy atom. The highest BCUT2D eigenvalue weighted by atomic mass is 16.5. The molecule has 0 bridgehead atoms.